The maximum Gasteiger partial charge on any atom is 0.130 e. The minimum atomic E-state index is 0.619. The van der Waals surface area contributed by atoms with Crippen LogP contribution in [-0.4, -0.2) is 9.97 Å². The van der Waals surface area contributed by atoms with E-state index < -0.39 is 0 Å². The fraction of sp³-hybridized carbons (Fsp3) is 0.231. The molecule has 16 heavy (non-hydrogen) atoms. The third-order valence-corrected chi connectivity index (χ3v) is 2.85. The van der Waals surface area contributed by atoms with E-state index in [0.29, 0.717) is 4.64 Å². The highest BCUT2D eigenvalue weighted by atomic mass is 32.1. The molecule has 0 aliphatic rings. The van der Waals surface area contributed by atoms with Gasteiger partial charge in [-0.1, -0.05) is 29.9 Å². The van der Waals surface area contributed by atoms with Crippen molar-refractivity contribution < 1.29 is 0 Å². The molecule has 2 aromatic rings. The fourth-order valence-electron chi connectivity index (χ4n) is 2.12. The summed E-state index contributed by atoms with van der Waals surface area (Å²) in [5, 5.41) is 0. The Bertz CT molecular complexity index is 561. The minimum absolute atomic E-state index is 0.619. The molecule has 82 valence electrons. The number of H-pyrrole nitrogens is 1. The van der Waals surface area contributed by atoms with Crippen molar-refractivity contribution in [2.75, 3.05) is 0 Å². The number of aromatic amines is 1. The molecule has 1 heterocycles. The molecule has 0 amide bonds. The van der Waals surface area contributed by atoms with Crippen LogP contribution in [0.15, 0.2) is 24.5 Å². The van der Waals surface area contributed by atoms with Gasteiger partial charge in [-0.05, 0) is 38.0 Å². The molecule has 2 nitrogen and oxygen atoms in total. The second-order valence-electron chi connectivity index (χ2n) is 4.07. The lowest BCUT2D eigenvalue weighted by Crippen LogP contribution is -1.93. The van der Waals surface area contributed by atoms with E-state index in [1.807, 2.05) is 6.07 Å². The SMILES string of the molecule is Cc1cc(C)c(-c2cc(=S)nc[nH]2)c(C)c1. The van der Waals surface area contributed by atoms with Crippen LogP contribution >= 0.6 is 12.2 Å². The van der Waals surface area contributed by atoms with E-state index in [2.05, 4.69) is 42.9 Å². The Hall–Kier alpha value is -1.48. The van der Waals surface area contributed by atoms with Gasteiger partial charge in [0.25, 0.3) is 0 Å². The molecule has 0 atom stereocenters. The van der Waals surface area contributed by atoms with E-state index in [0.717, 1.165) is 5.69 Å². The summed E-state index contributed by atoms with van der Waals surface area (Å²) in [6, 6.07) is 6.26. The third kappa shape index (κ3) is 2.04. The van der Waals surface area contributed by atoms with Crippen LogP contribution in [0.1, 0.15) is 16.7 Å². The van der Waals surface area contributed by atoms with E-state index in [9.17, 15) is 0 Å². The van der Waals surface area contributed by atoms with Crippen molar-refractivity contribution in [1.29, 1.82) is 0 Å². The highest BCUT2D eigenvalue weighted by molar-refractivity contribution is 7.71. The number of rotatable bonds is 1. The topological polar surface area (TPSA) is 28.7 Å². The summed E-state index contributed by atoms with van der Waals surface area (Å²) < 4.78 is 0.619. The third-order valence-electron chi connectivity index (χ3n) is 2.63. The monoisotopic (exact) mass is 230 g/mol. The normalized spacial score (nSPS) is 10.4. The largest absolute Gasteiger partial charge is 0.346 e. The average Bonchev–Trinajstić information content (AvgIpc) is 2.15. The summed E-state index contributed by atoms with van der Waals surface area (Å²) in [7, 11) is 0. The van der Waals surface area contributed by atoms with E-state index in [1.54, 1.807) is 6.33 Å². The first-order valence-corrected chi connectivity index (χ1v) is 5.61. The summed E-state index contributed by atoms with van der Waals surface area (Å²) in [5.74, 6) is 0. The van der Waals surface area contributed by atoms with Gasteiger partial charge >= 0.3 is 0 Å². The molecular weight excluding hydrogens is 216 g/mol. The van der Waals surface area contributed by atoms with Crippen molar-refractivity contribution >= 4 is 12.2 Å². The Morgan fingerprint density at radius 3 is 2.25 bits per heavy atom. The van der Waals surface area contributed by atoms with Gasteiger partial charge in [0.1, 0.15) is 4.64 Å². The first kappa shape index (κ1) is 11.0. The van der Waals surface area contributed by atoms with Gasteiger partial charge in [0.05, 0.1) is 12.0 Å². The number of nitrogens with zero attached hydrogens (tertiary/aromatic N) is 1. The number of benzene rings is 1. The van der Waals surface area contributed by atoms with Crippen LogP contribution in [-0.2, 0) is 0 Å². The number of hydrogen-bond acceptors (Lipinski definition) is 2. The van der Waals surface area contributed by atoms with Crippen LogP contribution in [0, 0.1) is 25.4 Å². The second-order valence-corrected chi connectivity index (χ2v) is 4.49. The molecule has 1 aromatic carbocycles. The maximum atomic E-state index is 5.08. The van der Waals surface area contributed by atoms with Gasteiger partial charge in [0.2, 0.25) is 0 Å². The van der Waals surface area contributed by atoms with Crippen LogP contribution in [0.5, 0.6) is 0 Å². The Morgan fingerprint density at radius 1 is 1.06 bits per heavy atom. The van der Waals surface area contributed by atoms with E-state index in [4.69, 9.17) is 12.2 Å². The minimum Gasteiger partial charge on any atom is -0.346 e. The molecule has 2 rings (SSSR count). The van der Waals surface area contributed by atoms with Crippen LogP contribution in [0.2, 0.25) is 0 Å². The quantitative estimate of drug-likeness (QED) is 0.756. The van der Waals surface area contributed by atoms with Crippen LogP contribution in [0.3, 0.4) is 0 Å². The van der Waals surface area contributed by atoms with Crippen LogP contribution < -0.4 is 0 Å². The Balaban J connectivity index is 2.69. The van der Waals surface area contributed by atoms with Crippen molar-refractivity contribution in [2.45, 2.75) is 20.8 Å². The molecular formula is C13H14N2S. The lowest BCUT2D eigenvalue weighted by Gasteiger charge is -2.11. The van der Waals surface area contributed by atoms with E-state index in [1.165, 1.54) is 22.3 Å². The van der Waals surface area contributed by atoms with Crippen molar-refractivity contribution in [3.05, 3.63) is 45.9 Å². The zero-order valence-electron chi connectivity index (χ0n) is 9.66. The Kier molecular flexibility index (Phi) is 2.88. The van der Waals surface area contributed by atoms with Gasteiger partial charge in [-0.15, -0.1) is 0 Å². The van der Waals surface area contributed by atoms with Crippen molar-refractivity contribution in [1.82, 2.24) is 9.97 Å². The highest BCUT2D eigenvalue weighted by Crippen LogP contribution is 2.26. The number of nitrogens with one attached hydrogen (secondary N) is 1. The van der Waals surface area contributed by atoms with Gasteiger partial charge in [-0.2, -0.15) is 0 Å². The number of hydrogen-bond donors (Lipinski definition) is 1. The van der Waals surface area contributed by atoms with Gasteiger partial charge in [-0.3, -0.25) is 0 Å². The summed E-state index contributed by atoms with van der Waals surface area (Å²) in [6.45, 7) is 6.35. The van der Waals surface area contributed by atoms with Crippen LogP contribution in [0.25, 0.3) is 11.3 Å². The van der Waals surface area contributed by atoms with Gasteiger partial charge in [0, 0.05) is 5.56 Å². The first-order valence-electron chi connectivity index (χ1n) is 5.21. The Morgan fingerprint density at radius 2 is 1.69 bits per heavy atom. The lowest BCUT2D eigenvalue weighted by atomic mass is 9.97. The molecule has 0 fully saturated rings. The summed E-state index contributed by atoms with van der Waals surface area (Å²) in [6.07, 6.45) is 1.65. The fourth-order valence-corrected chi connectivity index (χ4v) is 2.29. The summed E-state index contributed by atoms with van der Waals surface area (Å²) >= 11 is 5.08. The number of aryl methyl sites for hydroxylation is 3. The molecule has 0 bridgehead atoms. The Labute approximate surface area is 100 Å². The summed E-state index contributed by atoms with van der Waals surface area (Å²) in [4.78, 5) is 7.15. The zero-order chi connectivity index (χ0) is 11.7. The molecule has 3 heteroatoms. The molecule has 0 spiro atoms. The molecule has 0 unspecified atom stereocenters. The average molecular weight is 230 g/mol. The molecule has 0 saturated carbocycles. The summed E-state index contributed by atoms with van der Waals surface area (Å²) in [5.41, 5.74) is 6.06. The zero-order valence-corrected chi connectivity index (χ0v) is 10.5. The molecule has 1 N–H and O–H groups in total. The van der Waals surface area contributed by atoms with Crippen LogP contribution in [0.4, 0.5) is 0 Å². The smallest absolute Gasteiger partial charge is 0.130 e. The first-order chi connectivity index (χ1) is 7.58. The van der Waals surface area contributed by atoms with Crippen molar-refractivity contribution in [3.63, 3.8) is 0 Å². The van der Waals surface area contributed by atoms with E-state index in [-0.39, 0.29) is 0 Å². The molecule has 1 aromatic heterocycles. The predicted molar refractivity (Wildman–Crippen MR) is 69.1 cm³/mol. The molecule has 0 radical (unpaired) electrons. The van der Waals surface area contributed by atoms with Gasteiger partial charge in [0.15, 0.2) is 0 Å². The molecule has 0 aliphatic carbocycles. The maximum absolute atomic E-state index is 5.08. The van der Waals surface area contributed by atoms with Gasteiger partial charge in [-0.25, -0.2) is 4.98 Å². The van der Waals surface area contributed by atoms with Gasteiger partial charge < -0.3 is 4.98 Å². The lowest BCUT2D eigenvalue weighted by molar-refractivity contribution is 1.14. The standard InChI is InChI=1S/C13H14N2S/c1-8-4-9(2)13(10(3)5-8)11-6-12(16)15-7-14-11/h4-7H,1-3H3,(H,14,15,16). The predicted octanol–water partition coefficient (Wildman–Crippen LogP) is 3.73. The number of aromatic nitrogens is 2. The van der Waals surface area contributed by atoms with E-state index >= 15 is 0 Å². The second kappa shape index (κ2) is 4.18. The van der Waals surface area contributed by atoms with Crippen molar-refractivity contribution in [2.24, 2.45) is 0 Å². The molecule has 0 saturated heterocycles. The van der Waals surface area contributed by atoms with Crippen molar-refractivity contribution in [3.8, 4) is 11.3 Å². The highest BCUT2D eigenvalue weighted by Gasteiger charge is 2.06. The molecule has 0 aliphatic heterocycles.